The Hall–Kier alpha value is -2.67. The molecule has 2 N–H and O–H groups in total. The number of aromatic hydroxyl groups is 1. The average molecular weight is 471 g/mol. The van der Waals surface area contributed by atoms with Crippen molar-refractivity contribution in [2.75, 3.05) is 13.1 Å². The van der Waals surface area contributed by atoms with Gasteiger partial charge in [-0.15, -0.1) is 0 Å². The summed E-state index contributed by atoms with van der Waals surface area (Å²) in [5.74, 6) is 1.38. The van der Waals surface area contributed by atoms with E-state index in [4.69, 9.17) is 0 Å². The number of carbonyl (C=O) groups is 1. The summed E-state index contributed by atoms with van der Waals surface area (Å²) in [5.41, 5.74) is 3.41. The highest BCUT2D eigenvalue weighted by molar-refractivity contribution is 5.93. The van der Waals surface area contributed by atoms with Gasteiger partial charge in [0.1, 0.15) is 11.4 Å². The van der Waals surface area contributed by atoms with E-state index in [1.54, 1.807) is 0 Å². The largest absolute Gasteiger partial charge is 0.508 e. The summed E-state index contributed by atoms with van der Waals surface area (Å²) in [6.07, 6.45) is 11.4. The van der Waals surface area contributed by atoms with E-state index in [1.165, 1.54) is 55.6 Å². The normalized spacial score (nSPS) is 43.9. The lowest BCUT2D eigenvalue weighted by atomic mass is 9.37. The van der Waals surface area contributed by atoms with Gasteiger partial charge in [0.05, 0.1) is 6.20 Å². The van der Waals surface area contributed by atoms with Crippen molar-refractivity contribution in [3.8, 4) is 5.75 Å². The van der Waals surface area contributed by atoms with Crippen molar-refractivity contribution in [2.24, 2.45) is 22.7 Å². The lowest BCUT2D eigenvalue weighted by Crippen LogP contribution is -2.75. The molecule has 7 unspecified atom stereocenters. The Labute approximate surface area is 203 Å². The minimum Gasteiger partial charge on any atom is -0.508 e. The van der Waals surface area contributed by atoms with Gasteiger partial charge in [0, 0.05) is 36.3 Å². The SMILES string of the molecule is O=C(c1c[nH]c(=O)cn1)N1CC23CC45CC2C1C3C41CCN(C2CCC2)C5Cc2ccc(O)cc21. The Bertz CT molecular complexity index is 1360. The van der Waals surface area contributed by atoms with Crippen LogP contribution in [0.4, 0.5) is 0 Å². The number of aromatic nitrogens is 2. The number of amides is 1. The van der Waals surface area contributed by atoms with Gasteiger partial charge in [0.25, 0.3) is 11.5 Å². The number of piperidine rings is 1. The first kappa shape index (κ1) is 19.5. The zero-order chi connectivity index (χ0) is 23.3. The maximum absolute atomic E-state index is 13.6. The molecule has 7 nitrogen and oxygen atoms in total. The molecule has 1 aromatic heterocycles. The topological polar surface area (TPSA) is 89.5 Å². The van der Waals surface area contributed by atoms with Gasteiger partial charge in [-0.2, -0.15) is 0 Å². The van der Waals surface area contributed by atoms with Gasteiger partial charge in [0.2, 0.25) is 0 Å². The summed E-state index contributed by atoms with van der Waals surface area (Å²) in [4.78, 5) is 36.9. The van der Waals surface area contributed by atoms with Gasteiger partial charge < -0.3 is 15.0 Å². The summed E-state index contributed by atoms with van der Waals surface area (Å²) in [6, 6.07) is 7.74. The Balaban J connectivity index is 1.19. The maximum Gasteiger partial charge on any atom is 0.274 e. The number of H-pyrrole nitrogens is 1. The number of phenolic OH excluding ortho intramolecular Hbond substituents is 1. The fourth-order valence-electron chi connectivity index (χ4n) is 11.1. The number of fused-ring (bicyclic) bond motifs is 2. The number of benzene rings is 1. The van der Waals surface area contributed by atoms with E-state index in [2.05, 4.69) is 31.9 Å². The molecule has 2 aromatic rings. The molecule has 10 rings (SSSR count). The average Bonchev–Trinajstić information content (AvgIpc) is 3.46. The van der Waals surface area contributed by atoms with Crippen LogP contribution in [0.25, 0.3) is 0 Å². The molecule has 1 amide bonds. The first-order chi connectivity index (χ1) is 17.0. The van der Waals surface area contributed by atoms with Gasteiger partial charge in [-0.05, 0) is 91.0 Å². The third kappa shape index (κ3) is 1.89. The summed E-state index contributed by atoms with van der Waals surface area (Å²) in [7, 11) is 0. The van der Waals surface area contributed by atoms with E-state index in [9.17, 15) is 14.7 Å². The molecule has 5 aliphatic carbocycles. The highest BCUT2D eigenvalue weighted by Crippen LogP contribution is 2.89. The van der Waals surface area contributed by atoms with Crippen LogP contribution in [0, 0.1) is 22.7 Å². The van der Waals surface area contributed by atoms with Gasteiger partial charge >= 0.3 is 0 Å². The quantitative estimate of drug-likeness (QED) is 0.704. The Morgan fingerprint density at radius 2 is 2.14 bits per heavy atom. The Morgan fingerprint density at radius 3 is 2.91 bits per heavy atom. The smallest absolute Gasteiger partial charge is 0.274 e. The zero-order valence-electron chi connectivity index (χ0n) is 19.7. The molecule has 180 valence electrons. The van der Waals surface area contributed by atoms with Gasteiger partial charge in [-0.25, -0.2) is 4.98 Å². The van der Waals surface area contributed by atoms with Crippen molar-refractivity contribution in [1.29, 1.82) is 0 Å². The molecule has 4 saturated carbocycles. The number of aromatic amines is 1. The van der Waals surface area contributed by atoms with Gasteiger partial charge in [-0.1, -0.05) is 12.5 Å². The monoisotopic (exact) mass is 470 g/mol. The van der Waals surface area contributed by atoms with E-state index in [1.807, 2.05) is 6.07 Å². The van der Waals surface area contributed by atoms with Crippen LogP contribution < -0.4 is 5.56 Å². The third-order valence-electron chi connectivity index (χ3n) is 12.1. The second-order valence-corrected chi connectivity index (χ2v) is 12.7. The fraction of sp³-hybridized carbons (Fsp3) is 0.607. The summed E-state index contributed by atoms with van der Waals surface area (Å²) in [6.45, 7) is 1.96. The molecule has 7 atom stereocenters. The lowest BCUT2D eigenvalue weighted by molar-refractivity contribution is -0.162. The second kappa shape index (κ2) is 5.83. The van der Waals surface area contributed by atoms with Crippen LogP contribution in [0.1, 0.15) is 60.1 Å². The molecule has 1 aromatic carbocycles. The lowest BCUT2D eigenvalue weighted by Gasteiger charge is -2.71. The molecule has 7 heteroatoms. The first-order valence-electron chi connectivity index (χ1n) is 13.4. The number of nitrogens with zero attached hydrogens (tertiary/aromatic N) is 3. The fourth-order valence-corrected chi connectivity index (χ4v) is 11.1. The van der Waals surface area contributed by atoms with Crippen LogP contribution in [-0.4, -0.2) is 62.0 Å². The minimum atomic E-state index is -0.284. The number of carbonyl (C=O) groups excluding carboxylic acids is 1. The van der Waals surface area contributed by atoms with Crippen molar-refractivity contribution < 1.29 is 9.90 Å². The molecule has 2 spiro atoms. The highest BCUT2D eigenvalue weighted by atomic mass is 16.3. The van der Waals surface area contributed by atoms with Gasteiger partial charge in [0.15, 0.2) is 0 Å². The molecule has 5 bridgehead atoms. The van der Waals surface area contributed by atoms with E-state index in [0.29, 0.717) is 29.3 Å². The predicted octanol–water partition coefficient (Wildman–Crippen LogP) is 2.45. The number of likely N-dealkylation sites (tertiary alicyclic amines) is 1. The van der Waals surface area contributed by atoms with Crippen molar-refractivity contribution >= 4 is 5.91 Å². The number of nitrogens with one attached hydrogen (secondary N) is 1. The summed E-state index contributed by atoms with van der Waals surface area (Å²) < 4.78 is 0. The number of hydrogen-bond donors (Lipinski definition) is 2. The Morgan fingerprint density at radius 1 is 1.26 bits per heavy atom. The van der Waals surface area contributed by atoms with Crippen LogP contribution in [0.15, 0.2) is 35.4 Å². The van der Waals surface area contributed by atoms with Crippen LogP contribution >= 0.6 is 0 Å². The van der Waals surface area contributed by atoms with Gasteiger partial charge in [-0.3, -0.25) is 14.5 Å². The first-order valence-corrected chi connectivity index (χ1v) is 13.4. The number of rotatable bonds is 2. The standard InChI is InChI=1S/C28H30N4O3/c33-17-5-4-15-8-21-27-10-19-23-24(28(27,18(15)9-17)6-7-31(21)16-2-1-3-16)26(19,13-27)14-32(23)25(35)20-11-30-22(34)12-29-20/h4-5,9,11-12,16,19,21,23-24,33H,1-3,6-8,10,13-14H2,(H,30,34). The van der Waals surface area contributed by atoms with E-state index in [-0.39, 0.29) is 33.8 Å². The molecule has 0 radical (unpaired) electrons. The van der Waals surface area contributed by atoms with Crippen molar-refractivity contribution in [2.45, 2.75) is 68.5 Å². The molecular formula is C28H30N4O3. The molecule has 3 saturated heterocycles. The second-order valence-electron chi connectivity index (χ2n) is 12.7. The van der Waals surface area contributed by atoms with Crippen molar-refractivity contribution in [3.63, 3.8) is 0 Å². The van der Waals surface area contributed by atoms with Crippen molar-refractivity contribution in [1.82, 2.24) is 19.8 Å². The zero-order valence-corrected chi connectivity index (χ0v) is 19.7. The minimum absolute atomic E-state index is 0.0400. The van der Waals surface area contributed by atoms with Crippen LogP contribution in [0.2, 0.25) is 0 Å². The molecule has 8 aliphatic rings. The molecule has 7 fully saturated rings. The van der Waals surface area contributed by atoms with Crippen LogP contribution in [-0.2, 0) is 11.8 Å². The molecule has 4 heterocycles. The Kier molecular flexibility index (Phi) is 3.25. The van der Waals surface area contributed by atoms with E-state index < -0.39 is 0 Å². The van der Waals surface area contributed by atoms with Crippen LogP contribution in [0.3, 0.4) is 0 Å². The highest BCUT2D eigenvalue weighted by Gasteiger charge is 2.91. The predicted molar refractivity (Wildman–Crippen MR) is 127 cm³/mol. The van der Waals surface area contributed by atoms with E-state index in [0.717, 1.165) is 32.0 Å². The summed E-state index contributed by atoms with van der Waals surface area (Å²) >= 11 is 0. The molecular weight excluding hydrogens is 440 g/mol. The van der Waals surface area contributed by atoms with E-state index >= 15 is 0 Å². The number of hydrogen-bond acceptors (Lipinski definition) is 5. The third-order valence-corrected chi connectivity index (χ3v) is 12.1. The maximum atomic E-state index is 13.6. The van der Waals surface area contributed by atoms with Crippen molar-refractivity contribution in [3.05, 3.63) is 57.8 Å². The molecule has 3 aliphatic heterocycles. The van der Waals surface area contributed by atoms with Crippen LogP contribution in [0.5, 0.6) is 5.75 Å². The summed E-state index contributed by atoms with van der Waals surface area (Å²) in [5, 5.41) is 10.6. The number of phenols is 1. The molecule has 35 heavy (non-hydrogen) atoms.